The second-order valence-electron chi connectivity index (χ2n) is 6.55. The molecule has 0 bridgehead atoms. The van der Waals surface area contributed by atoms with E-state index in [1.807, 2.05) is 0 Å². The Morgan fingerprint density at radius 1 is 1.42 bits per heavy atom. The summed E-state index contributed by atoms with van der Waals surface area (Å²) in [4.78, 5) is 6.39. The predicted molar refractivity (Wildman–Crippen MR) is 115 cm³/mol. The molecule has 1 aromatic rings. The van der Waals surface area contributed by atoms with Crippen LogP contribution < -0.4 is 10.0 Å². The van der Waals surface area contributed by atoms with Crippen LogP contribution in [0.2, 0.25) is 0 Å². The zero-order valence-corrected chi connectivity index (χ0v) is 18.6. The van der Waals surface area contributed by atoms with Crippen LogP contribution in [0.1, 0.15) is 25.3 Å². The van der Waals surface area contributed by atoms with Crippen LogP contribution in [0.25, 0.3) is 0 Å². The molecule has 0 aliphatic carbocycles. The molecule has 26 heavy (non-hydrogen) atoms. The summed E-state index contributed by atoms with van der Waals surface area (Å²) in [5.74, 6) is 0.778. The molecule has 1 fully saturated rings. The Balaban J connectivity index is 0.00000338. The van der Waals surface area contributed by atoms with E-state index in [-0.39, 0.29) is 42.0 Å². The van der Waals surface area contributed by atoms with Gasteiger partial charge in [-0.25, -0.2) is 12.8 Å². The highest BCUT2D eigenvalue weighted by Crippen LogP contribution is 2.16. The van der Waals surface area contributed by atoms with E-state index in [4.69, 9.17) is 0 Å². The van der Waals surface area contributed by atoms with Crippen LogP contribution in [0.5, 0.6) is 0 Å². The van der Waals surface area contributed by atoms with E-state index < -0.39 is 15.8 Å². The van der Waals surface area contributed by atoms with Gasteiger partial charge in [0.1, 0.15) is 5.82 Å². The highest BCUT2D eigenvalue weighted by Gasteiger charge is 2.19. The highest BCUT2D eigenvalue weighted by molar-refractivity contribution is 14.0. The Kier molecular flexibility index (Phi) is 9.08. The summed E-state index contributed by atoms with van der Waals surface area (Å²) in [6.45, 7) is 5.92. The summed E-state index contributed by atoms with van der Waals surface area (Å²) >= 11 is 0. The summed E-state index contributed by atoms with van der Waals surface area (Å²) in [6, 6.07) is 4.29. The second-order valence-corrected chi connectivity index (χ2v) is 8.39. The molecular weight excluding hydrogens is 470 g/mol. The molecule has 2 rings (SSSR count). The summed E-state index contributed by atoms with van der Waals surface area (Å²) in [5.41, 5.74) is 0.710. The Bertz CT molecular complexity index is 727. The number of hydrogen-bond acceptors (Lipinski definition) is 3. The van der Waals surface area contributed by atoms with Crippen molar-refractivity contribution in [2.45, 2.75) is 26.7 Å². The molecule has 2 N–H and O–H groups in total. The molecule has 1 atom stereocenters. The third-order valence-corrected chi connectivity index (χ3v) is 5.56. The summed E-state index contributed by atoms with van der Waals surface area (Å²) < 4.78 is 40.3. The number of guanidine groups is 1. The van der Waals surface area contributed by atoms with Crippen molar-refractivity contribution in [1.82, 2.24) is 10.2 Å². The predicted octanol–water partition coefficient (Wildman–Crippen LogP) is 2.80. The van der Waals surface area contributed by atoms with Gasteiger partial charge < -0.3 is 10.2 Å². The van der Waals surface area contributed by atoms with Crippen molar-refractivity contribution in [2.75, 3.05) is 37.2 Å². The Morgan fingerprint density at radius 2 is 2.15 bits per heavy atom. The van der Waals surface area contributed by atoms with Crippen LogP contribution in [-0.2, 0) is 10.0 Å². The van der Waals surface area contributed by atoms with Crippen LogP contribution in [0.4, 0.5) is 10.1 Å². The monoisotopic (exact) mass is 498 g/mol. The van der Waals surface area contributed by atoms with Gasteiger partial charge in [0, 0.05) is 26.7 Å². The van der Waals surface area contributed by atoms with Gasteiger partial charge in [-0.2, -0.15) is 0 Å². The third kappa shape index (κ3) is 6.90. The Hall–Kier alpha value is -1.10. The number of piperidine rings is 1. The molecule has 0 aromatic heterocycles. The Morgan fingerprint density at radius 3 is 2.77 bits per heavy atom. The number of benzene rings is 1. The number of likely N-dealkylation sites (tertiary alicyclic amines) is 1. The molecule has 1 aliphatic heterocycles. The fourth-order valence-corrected chi connectivity index (χ4v) is 3.86. The van der Waals surface area contributed by atoms with Crippen molar-refractivity contribution < 1.29 is 12.8 Å². The van der Waals surface area contributed by atoms with Crippen molar-refractivity contribution in [3.63, 3.8) is 0 Å². The molecule has 0 saturated carbocycles. The summed E-state index contributed by atoms with van der Waals surface area (Å²) in [6.07, 6.45) is 2.32. The molecule has 1 saturated heterocycles. The fourth-order valence-electron chi connectivity index (χ4n) is 2.90. The largest absolute Gasteiger partial charge is 0.355 e. The Labute approximate surface area is 172 Å². The second kappa shape index (κ2) is 10.3. The topological polar surface area (TPSA) is 73.8 Å². The van der Waals surface area contributed by atoms with Crippen LogP contribution in [0.15, 0.2) is 23.2 Å². The molecule has 0 amide bonds. The van der Waals surface area contributed by atoms with Crippen molar-refractivity contribution in [3.8, 4) is 0 Å². The third-order valence-electron chi connectivity index (χ3n) is 4.27. The molecular formula is C17H28FIN4O2S. The van der Waals surface area contributed by atoms with E-state index in [9.17, 15) is 12.8 Å². The maximum atomic E-state index is 13.5. The first-order valence-corrected chi connectivity index (χ1v) is 10.2. The molecule has 0 spiro atoms. The lowest BCUT2D eigenvalue weighted by Gasteiger charge is -2.33. The lowest BCUT2D eigenvalue weighted by atomic mass is 10.0. The maximum Gasteiger partial charge on any atom is 0.234 e. The quantitative estimate of drug-likeness (QED) is 0.372. The van der Waals surface area contributed by atoms with E-state index >= 15 is 0 Å². The molecule has 148 valence electrons. The van der Waals surface area contributed by atoms with Crippen LogP contribution in [0, 0.1) is 18.7 Å². The van der Waals surface area contributed by atoms with Gasteiger partial charge in [0.2, 0.25) is 10.0 Å². The van der Waals surface area contributed by atoms with Crippen LogP contribution >= 0.6 is 24.0 Å². The lowest BCUT2D eigenvalue weighted by Crippen LogP contribution is -2.47. The van der Waals surface area contributed by atoms with Gasteiger partial charge in [0.25, 0.3) is 0 Å². The van der Waals surface area contributed by atoms with E-state index in [0.29, 0.717) is 11.5 Å². The van der Waals surface area contributed by atoms with Gasteiger partial charge in [0.05, 0.1) is 11.4 Å². The number of aliphatic imine (C=N–C) groups is 1. The number of nitrogens with zero attached hydrogens (tertiary/aromatic N) is 2. The number of hydrogen-bond donors (Lipinski definition) is 2. The lowest BCUT2D eigenvalue weighted by molar-refractivity contribution is 0.266. The SMILES string of the molecule is CN=C(NCCS(=O)(=O)Nc1ccc(C)c(F)c1)N1CCCC(C)C1.I. The van der Waals surface area contributed by atoms with Crippen molar-refractivity contribution in [2.24, 2.45) is 10.9 Å². The summed E-state index contributed by atoms with van der Waals surface area (Å²) in [5, 5.41) is 3.10. The van der Waals surface area contributed by atoms with Gasteiger partial charge in [-0.3, -0.25) is 9.71 Å². The molecule has 1 unspecified atom stereocenters. The van der Waals surface area contributed by atoms with E-state index in [0.717, 1.165) is 25.5 Å². The zero-order valence-electron chi connectivity index (χ0n) is 15.5. The van der Waals surface area contributed by atoms with Gasteiger partial charge in [-0.1, -0.05) is 13.0 Å². The van der Waals surface area contributed by atoms with Crippen molar-refractivity contribution >= 4 is 45.6 Å². The zero-order chi connectivity index (χ0) is 18.4. The van der Waals surface area contributed by atoms with Crippen LogP contribution in [0.3, 0.4) is 0 Å². The first-order valence-electron chi connectivity index (χ1n) is 8.53. The van der Waals surface area contributed by atoms with Gasteiger partial charge in [0.15, 0.2) is 5.96 Å². The minimum absolute atomic E-state index is 0. The van der Waals surface area contributed by atoms with Crippen molar-refractivity contribution in [3.05, 3.63) is 29.6 Å². The minimum Gasteiger partial charge on any atom is -0.355 e. The van der Waals surface area contributed by atoms with E-state index in [2.05, 4.69) is 26.9 Å². The summed E-state index contributed by atoms with van der Waals surface area (Å²) in [7, 11) is -1.86. The number of aryl methyl sites for hydroxylation is 1. The average Bonchev–Trinajstić information content (AvgIpc) is 2.55. The van der Waals surface area contributed by atoms with Gasteiger partial charge in [-0.15, -0.1) is 24.0 Å². The molecule has 1 aliphatic rings. The maximum absolute atomic E-state index is 13.5. The number of rotatable bonds is 5. The van der Waals surface area contributed by atoms with Gasteiger partial charge in [-0.05, 0) is 43.4 Å². The normalized spacial score (nSPS) is 18.2. The number of anilines is 1. The molecule has 1 heterocycles. The minimum atomic E-state index is -3.56. The number of nitrogens with one attached hydrogen (secondary N) is 2. The number of sulfonamides is 1. The van der Waals surface area contributed by atoms with E-state index in [1.165, 1.54) is 12.5 Å². The van der Waals surface area contributed by atoms with Crippen molar-refractivity contribution in [1.29, 1.82) is 0 Å². The fraction of sp³-hybridized carbons (Fsp3) is 0.588. The van der Waals surface area contributed by atoms with E-state index in [1.54, 1.807) is 26.1 Å². The van der Waals surface area contributed by atoms with Gasteiger partial charge >= 0.3 is 0 Å². The average molecular weight is 498 g/mol. The highest BCUT2D eigenvalue weighted by atomic mass is 127. The molecule has 9 heteroatoms. The standard InChI is InChI=1S/C17H27FN4O2S.HI/c1-13-5-4-9-22(12-13)17(19-3)20-8-10-25(23,24)21-15-7-6-14(2)16(18)11-15;/h6-7,11,13,21H,4-5,8-10,12H2,1-3H3,(H,19,20);1H. The smallest absolute Gasteiger partial charge is 0.234 e. The molecule has 0 radical (unpaired) electrons. The first-order chi connectivity index (χ1) is 11.8. The van der Waals surface area contributed by atoms with Crippen LogP contribution in [-0.4, -0.2) is 51.7 Å². The first kappa shape index (κ1) is 22.9. The number of halogens is 2. The molecule has 1 aromatic carbocycles. The molecule has 6 nitrogen and oxygen atoms in total.